The van der Waals surface area contributed by atoms with Gasteiger partial charge in [-0.2, -0.15) is 0 Å². The van der Waals surface area contributed by atoms with Crippen molar-refractivity contribution in [3.05, 3.63) is 52.0 Å². The molecule has 0 spiro atoms. The molecule has 0 aromatic heterocycles. The lowest BCUT2D eigenvalue weighted by molar-refractivity contribution is -0.140. The van der Waals surface area contributed by atoms with Crippen LogP contribution in [0.2, 0.25) is 10.0 Å². The maximum absolute atomic E-state index is 13.8. The summed E-state index contributed by atoms with van der Waals surface area (Å²) < 4.78 is 37.3. The normalized spacial score (nSPS) is 12.0. The topological polar surface area (TPSA) is 105 Å². The van der Waals surface area contributed by atoms with E-state index in [0.717, 1.165) is 10.6 Å². The average Bonchev–Trinajstić information content (AvgIpc) is 2.86. The molecule has 2 amide bonds. The Morgan fingerprint density at radius 2 is 1.70 bits per heavy atom. The Kier molecular flexibility index (Phi) is 11.3. The van der Waals surface area contributed by atoms with Crippen molar-refractivity contribution in [3.63, 3.8) is 0 Å². The molecule has 0 aliphatic carbocycles. The highest BCUT2D eigenvalue weighted by Gasteiger charge is 2.33. The van der Waals surface area contributed by atoms with E-state index in [0.29, 0.717) is 34.3 Å². The third-order valence-corrected chi connectivity index (χ3v) is 7.49. The van der Waals surface area contributed by atoms with Crippen LogP contribution in [0.5, 0.6) is 11.5 Å². The number of benzene rings is 2. The monoisotopic (exact) mass is 573 g/mol. The molecule has 0 radical (unpaired) electrons. The molecule has 0 saturated carbocycles. The Morgan fingerprint density at radius 1 is 1.05 bits per heavy atom. The quantitative estimate of drug-likeness (QED) is 0.386. The summed E-state index contributed by atoms with van der Waals surface area (Å²) in [5, 5.41) is 3.46. The smallest absolute Gasteiger partial charge is 0.244 e. The van der Waals surface area contributed by atoms with Gasteiger partial charge in [-0.25, -0.2) is 8.42 Å². The molecular formula is C25H33Cl2N3O6S. The summed E-state index contributed by atoms with van der Waals surface area (Å²) in [6, 6.07) is 8.67. The minimum absolute atomic E-state index is 0.0950. The van der Waals surface area contributed by atoms with Gasteiger partial charge in [0.05, 0.1) is 26.2 Å². The summed E-state index contributed by atoms with van der Waals surface area (Å²) in [7, 11) is -1.13. The average molecular weight is 575 g/mol. The van der Waals surface area contributed by atoms with Crippen molar-refractivity contribution in [2.24, 2.45) is 0 Å². The first kappa shape index (κ1) is 30.5. The van der Waals surface area contributed by atoms with E-state index < -0.39 is 28.5 Å². The van der Waals surface area contributed by atoms with Crippen molar-refractivity contribution in [1.29, 1.82) is 0 Å². The molecule has 1 N–H and O–H groups in total. The number of ether oxygens (including phenoxy) is 2. The van der Waals surface area contributed by atoms with Crippen molar-refractivity contribution in [1.82, 2.24) is 10.2 Å². The summed E-state index contributed by atoms with van der Waals surface area (Å²) in [5.41, 5.74) is 0.572. The van der Waals surface area contributed by atoms with Gasteiger partial charge in [-0.3, -0.25) is 13.9 Å². The van der Waals surface area contributed by atoms with Crippen molar-refractivity contribution < 1.29 is 27.5 Å². The number of anilines is 1. The number of nitrogens with zero attached hydrogens (tertiary/aromatic N) is 2. The number of hydrogen-bond donors (Lipinski definition) is 1. The van der Waals surface area contributed by atoms with Gasteiger partial charge in [-0.1, -0.05) is 43.1 Å². The van der Waals surface area contributed by atoms with E-state index in [1.165, 1.54) is 25.2 Å². The first-order valence-corrected chi connectivity index (χ1v) is 14.3. The van der Waals surface area contributed by atoms with Crippen LogP contribution in [0, 0.1) is 0 Å². The van der Waals surface area contributed by atoms with E-state index in [1.54, 1.807) is 37.3 Å². The standard InChI is InChI=1S/C25H33Cl2N3O6S/c1-6-13-28-25(32)21(7-2)29(15-18-19(26)9-8-10-20(18)27)24(31)16-30(37(5,33)34)22-14-17(35-3)11-12-23(22)36-4/h8-12,14,21H,6-7,13,15-16H2,1-5H3,(H,28,32)/t21-/m1/s1. The van der Waals surface area contributed by atoms with Gasteiger partial charge >= 0.3 is 0 Å². The molecule has 0 fully saturated rings. The van der Waals surface area contributed by atoms with E-state index in [-0.39, 0.29) is 30.3 Å². The molecule has 2 rings (SSSR count). The Balaban J connectivity index is 2.57. The molecule has 0 bridgehead atoms. The van der Waals surface area contributed by atoms with Gasteiger partial charge in [-0.05, 0) is 37.1 Å². The second kappa shape index (κ2) is 13.7. The minimum atomic E-state index is -3.96. The van der Waals surface area contributed by atoms with E-state index in [2.05, 4.69) is 5.32 Å². The van der Waals surface area contributed by atoms with Gasteiger partial charge in [0.25, 0.3) is 0 Å². The molecule has 0 heterocycles. The predicted octanol–water partition coefficient (Wildman–Crippen LogP) is 4.11. The van der Waals surface area contributed by atoms with Crippen LogP contribution in [0.25, 0.3) is 0 Å². The number of sulfonamides is 1. The molecule has 2 aromatic carbocycles. The fourth-order valence-electron chi connectivity index (χ4n) is 3.73. The Morgan fingerprint density at radius 3 is 2.22 bits per heavy atom. The highest BCUT2D eigenvalue weighted by Crippen LogP contribution is 2.34. The molecule has 0 unspecified atom stereocenters. The van der Waals surface area contributed by atoms with Crippen LogP contribution in [0.15, 0.2) is 36.4 Å². The van der Waals surface area contributed by atoms with Crippen LogP contribution in [0.4, 0.5) is 5.69 Å². The number of halogens is 2. The van der Waals surface area contributed by atoms with Crippen LogP contribution in [0.1, 0.15) is 32.3 Å². The Hall–Kier alpha value is -2.69. The molecule has 0 saturated heterocycles. The summed E-state index contributed by atoms with van der Waals surface area (Å²) in [4.78, 5) is 28.2. The molecule has 204 valence electrons. The fraction of sp³-hybridized carbons (Fsp3) is 0.440. The van der Waals surface area contributed by atoms with Crippen LogP contribution >= 0.6 is 23.2 Å². The van der Waals surface area contributed by atoms with Crippen molar-refractivity contribution in [2.45, 2.75) is 39.3 Å². The summed E-state index contributed by atoms with van der Waals surface area (Å²) >= 11 is 12.8. The van der Waals surface area contributed by atoms with E-state index in [9.17, 15) is 18.0 Å². The van der Waals surface area contributed by atoms with E-state index >= 15 is 0 Å². The lowest BCUT2D eigenvalue weighted by Gasteiger charge is -2.33. The van der Waals surface area contributed by atoms with Crippen molar-refractivity contribution >= 4 is 50.7 Å². The molecule has 0 aliphatic heterocycles. The molecule has 37 heavy (non-hydrogen) atoms. The summed E-state index contributed by atoms with van der Waals surface area (Å²) in [5.74, 6) is -0.370. The van der Waals surface area contributed by atoms with Gasteiger partial charge in [0.1, 0.15) is 24.1 Å². The van der Waals surface area contributed by atoms with Crippen LogP contribution in [0.3, 0.4) is 0 Å². The van der Waals surface area contributed by atoms with Crippen LogP contribution in [-0.2, 0) is 26.2 Å². The largest absolute Gasteiger partial charge is 0.497 e. The molecule has 2 aromatic rings. The Bertz CT molecular complexity index is 1190. The molecule has 9 nitrogen and oxygen atoms in total. The van der Waals surface area contributed by atoms with Gasteiger partial charge in [-0.15, -0.1) is 0 Å². The zero-order valence-corrected chi connectivity index (χ0v) is 23.9. The first-order valence-electron chi connectivity index (χ1n) is 11.7. The van der Waals surface area contributed by atoms with Crippen molar-refractivity contribution in [2.75, 3.05) is 37.9 Å². The molecule has 1 atom stereocenters. The number of carbonyl (C=O) groups is 2. The van der Waals surface area contributed by atoms with Gasteiger partial charge in [0.15, 0.2) is 0 Å². The summed E-state index contributed by atoms with van der Waals surface area (Å²) in [6.07, 6.45) is 1.98. The minimum Gasteiger partial charge on any atom is -0.497 e. The van der Waals surface area contributed by atoms with Gasteiger partial charge in [0.2, 0.25) is 21.8 Å². The third-order valence-electron chi connectivity index (χ3n) is 5.66. The number of carbonyl (C=O) groups excluding carboxylic acids is 2. The van der Waals surface area contributed by atoms with Gasteiger partial charge < -0.3 is 19.7 Å². The van der Waals surface area contributed by atoms with Crippen LogP contribution in [-0.4, -0.2) is 64.7 Å². The molecular weight excluding hydrogens is 541 g/mol. The number of hydrogen-bond acceptors (Lipinski definition) is 6. The lowest BCUT2D eigenvalue weighted by atomic mass is 10.1. The zero-order valence-electron chi connectivity index (χ0n) is 21.6. The number of nitrogens with one attached hydrogen (secondary N) is 1. The predicted molar refractivity (Wildman–Crippen MR) is 146 cm³/mol. The second-order valence-corrected chi connectivity index (χ2v) is 11.0. The highest BCUT2D eigenvalue weighted by molar-refractivity contribution is 7.92. The van der Waals surface area contributed by atoms with Crippen molar-refractivity contribution in [3.8, 4) is 11.5 Å². The highest BCUT2D eigenvalue weighted by atomic mass is 35.5. The Labute approximate surface area is 228 Å². The number of methoxy groups -OCH3 is 2. The van der Waals surface area contributed by atoms with Gasteiger partial charge in [0, 0.05) is 34.8 Å². The number of rotatable bonds is 13. The maximum atomic E-state index is 13.8. The third kappa shape index (κ3) is 7.90. The van der Waals surface area contributed by atoms with Crippen LogP contribution < -0.4 is 19.1 Å². The lowest BCUT2D eigenvalue weighted by Crippen LogP contribution is -2.52. The first-order chi connectivity index (χ1) is 17.5. The van der Waals surface area contributed by atoms with E-state index in [4.69, 9.17) is 32.7 Å². The fourth-order valence-corrected chi connectivity index (χ4v) is 5.09. The number of amides is 2. The zero-order chi connectivity index (χ0) is 27.8. The molecule has 12 heteroatoms. The second-order valence-electron chi connectivity index (χ2n) is 8.24. The SMILES string of the molecule is CCCNC(=O)[C@@H](CC)N(Cc1c(Cl)cccc1Cl)C(=O)CN(c1cc(OC)ccc1OC)S(C)(=O)=O. The summed E-state index contributed by atoms with van der Waals surface area (Å²) in [6.45, 7) is 3.42. The molecule has 0 aliphatic rings. The van der Waals surface area contributed by atoms with E-state index in [1.807, 2.05) is 6.92 Å². The maximum Gasteiger partial charge on any atom is 0.244 e.